The summed E-state index contributed by atoms with van der Waals surface area (Å²) in [4.78, 5) is 0. The summed E-state index contributed by atoms with van der Waals surface area (Å²) in [6, 6.07) is 54.8. The van der Waals surface area contributed by atoms with Crippen molar-refractivity contribution >= 4 is 85.0 Å². The highest BCUT2D eigenvalue weighted by Crippen LogP contribution is 2.46. The maximum absolute atomic E-state index is 6.17. The zero-order valence-electron chi connectivity index (χ0n) is 27.4. The minimum Gasteiger partial charge on any atom is -0.456 e. The van der Waals surface area contributed by atoms with Crippen LogP contribution in [-0.2, 0) is 0 Å². The van der Waals surface area contributed by atoms with Crippen molar-refractivity contribution in [1.29, 1.82) is 0 Å². The molecule has 0 amide bonds. The van der Waals surface area contributed by atoms with Crippen LogP contribution < -0.4 is 16.0 Å². The van der Waals surface area contributed by atoms with Gasteiger partial charge < -0.3 is 4.42 Å². The first-order valence-electron chi connectivity index (χ1n) is 17.4. The molecule has 4 nitrogen and oxygen atoms in total. The maximum Gasteiger partial charge on any atom is 0.135 e. The van der Waals surface area contributed by atoms with E-state index in [-0.39, 0.29) is 18.5 Å². The summed E-state index contributed by atoms with van der Waals surface area (Å²) in [6.45, 7) is 0. The summed E-state index contributed by atoms with van der Waals surface area (Å²) >= 11 is 3.77. The molecule has 0 aliphatic carbocycles. The fraction of sp³-hybridized carbons (Fsp3) is 0.0667. The van der Waals surface area contributed by atoms with Crippen molar-refractivity contribution in [1.82, 2.24) is 16.0 Å². The van der Waals surface area contributed by atoms with Gasteiger partial charge in [-0.25, -0.2) is 0 Å². The lowest BCUT2D eigenvalue weighted by Crippen LogP contribution is -2.54. The maximum atomic E-state index is 6.17. The first-order valence-corrected chi connectivity index (χ1v) is 19.0. The van der Waals surface area contributed by atoms with Gasteiger partial charge in [-0.2, -0.15) is 0 Å². The third kappa shape index (κ3) is 4.76. The number of rotatable bonds is 4. The van der Waals surface area contributed by atoms with Crippen molar-refractivity contribution in [3.05, 3.63) is 168 Å². The molecule has 3 N–H and O–H groups in total. The second-order valence-electron chi connectivity index (χ2n) is 13.4. The molecule has 1 saturated heterocycles. The fourth-order valence-electron chi connectivity index (χ4n) is 8.00. The largest absolute Gasteiger partial charge is 0.456 e. The highest BCUT2D eigenvalue weighted by molar-refractivity contribution is 7.26. The van der Waals surface area contributed by atoms with E-state index in [0.717, 1.165) is 21.9 Å². The SMILES string of the molecule is c1ccc(C2NC(c3ccc4oc5ccccc5c4c3)NC(c3ccc4sc5cccc(-c6cccc7c6sc6ccccc67)c5c4c3)N2)cc1. The van der Waals surface area contributed by atoms with Crippen molar-refractivity contribution in [2.45, 2.75) is 18.5 Å². The third-order valence-corrected chi connectivity index (χ3v) is 12.8. The molecule has 244 valence electrons. The molecular weight excluding hydrogens is 663 g/mol. The van der Waals surface area contributed by atoms with E-state index in [1.54, 1.807) is 0 Å². The topological polar surface area (TPSA) is 49.2 Å². The molecule has 7 aromatic carbocycles. The lowest BCUT2D eigenvalue weighted by molar-refractivity contribution is 0.203. The molecule has 0 saturated carbocycles. The summed E-state index contributed by atoms with van der Waals surface area (Å²) < 4.78 is 11.5. The van der Waals surface area contributed by atoms with E-state index in [1.807, 2.05) is 34.8 Å². The lowest BCUT2D eigenvalue weighted by atomic mass is 9.96. The number of thiophene rings is 2. The fourth-order valence-corrected chi connectivity index (χ4v) is 10.3. The van der Waals surface area contributed by atoms with Gasteiger partial charge in [0.05, 0.1) is 18.5 Å². The lowest BCUT2D eigenvalue weighted by Gasteiger charge is -2.39. The number of fused-ring (bicyclic) bond motifs is 9. The Balaban J connectivity index is 1.04. The van der Waals surface area contributed by atoms with Crippen LogP contribution in [0.25, 0.3) is 73.4 Å². The standard InChI is InChI=1S/C45H31N3OS2/c1-2-10-26(11-3-1)43-46-44(27-20-22-37-34(24-27)29-12-4-6-17-36(29)49-37)48-45(47-43)28-21-23-39-35(25-28)41-31(14-9-19-40(41)50-39)33-16-8-15-32-30-13-5-7-18-38(30)51-42(32)33/h1-25,43-48H. The Bertz CT molecular complexity index is 2940. The van der Waals surface area contributed by atoms with Gasteiger partial charge >= 0.3 is 0 Å². The molecule has 4 heterocycles. The Labute approximate surface area is 302 Å². The molecule has 11 rings (SSSR count). The molecule has 0 radical (unpaired) electrons. The normalized spacial score (nSPS) is 18.2. The minimum absolute atomic E-state index is 0.0599. The molecule has 1 aliphatic rings. The van der Waals surface area contributed by atoms with Gasteiger partial charge in [0.25, 0.3) is 0 Å². The van der Waals surface area contributed by atoms with Crippen LogP contribution in [0.3, 0.4) is 0 Å². The molecule has 0 spiro atoms. The summed E-state index contributed by atoms with van der Waals surface area (Å²) in [5.41, 5.74) is 7.98. The second kappa shape index (κ2) is 11.6. The number of nitrogens with one attached hydrogen (secondary N) is 3. The number of furan rings is 1. The van der Waals surface area contributed by atoms with Crippen LogP contribution >= 0.6 is 22.7 Å². The van der Waals surface area contributed by atoms with Crippen LogP contribution in [-0.4, -0.2) is 0 Å². The number of benzene rings is 7. The number of hydrogen-bond acceptors (Lipinski definition) is 6. The molecule has 10 aromatic rings. The van der Waals surface area contributed by atoms with Crippen molar-refractivity contribution in [2.24, 2.45) is 0 Å². The van der Waals surface area contributed by atoms with E-state index in [2.05, 4.69) is 155 Å². The monoisotopic (exact) mass is 693 g/mol. The molecule has 6 heteroatoms. The molecule has 1 aliphatic heterocycles. The van der Waals surface area contributed by atoms with E-state index in [0.29, 0.717) is 0 Å². The van der Waals surface area contributed by atoms with Crippen LogP contribution in [0.2, 0.25) is 0 Å². The average molecular weight is 694 g/mol. The van der Waals surface area contributed by atoms with Crippen LogP contribution in [0.15, 0.2) is 156 Å². The van der Waals surface area contributed by atoms with Crippen molar-refractivity contribution in [3.8, 4) is 11.1 Å². The van der Waals surface area contributed by atoms with E-state index < -0.39 is 0 Å². The Morgan fingerprint density at radius 1 is 0.392 bits per heavy atom. The van der Waals surface area contributed by atoms with Gasteiger partial charge in [0.15, 0.2) is 0 Å². The molecule has 0 bridgehead atoms. The van der Waals surface area contributed by atoms with Gasteiger partial charge in [-0.3, -0.25) is 16.0 Å². The van der Waals surface area contributed by atoms with Crippen molar-refractivity contribution < 1.29 is 4.42 Å². The smallest absolute Gasteiger partial charge is 0.135 e. The molecule has 3 atom stereocenters. The predicted octanol–water partition coefficient (Wildman–Crippen LogP) is 12.2. The number of para-hydroxylation sites is 1. The molecule has 51 heavy (non-hydrogen) atoms. The number of hydrogen-bond donors (Lipinski definition) is 3. The Morgan fingerprint density at radius 3 is 1.86 bits per heavy atom. The van der Waals surface area contributed by atoms with Gasteiger partial charge in [-0.1, -0.05) is 109 Å². The van der Waals surface area contributed by atoms with Gasteiger partial charge in [-0.15, -0.1) is 22.7 Å². The van der Waals surface area contributed by atoms with Crippen LogP contribution in [0.1, 0.15) is 35.2 Å². The summed E-state index contributed by atoms with van der Waals surface area (Å²) in [6.07, 6.45) is -0.262. The van der Waals surface area contributed by atoms with Gasteiger partial charge in [-0.05, 0) is 64.7 Å². The van der Waals surface area contributed by atoms with Crippen LogP contribution in [0, 0.1) is 0 Å². The highest BCUT2D eigenvalue weighted by atomic mass is 32.1. The summed E-state index contributed by atoms with van der Waals surface area (Å²) in [5, 5.41) is 19.2. The molecular formula is C45H31N3OS2. The first-order chi connectivity index (χ1) is 25.2. The quantitative estimate of drug-likeness (QED) is 0.172. The predicted molar refractivity (Wildman–Crippen MR) is 215 cm³/mol. The average Bonchev–Trinajstić information content (AvgIpc) is 3.89. The molecule has 1 fully saturated rings. The van der Waals surface area contributed by atoms with Gasteiger partial charge in [0, 0.05) is 56.7 Å². The van der Waals surface area contributed by atoms with E-state index in [1.165, 1.54) is 68.2 Å². The van der Waals surface area contributed by atoms with E-state index in [9.17, 15) is 0 Å². The van der Waals surface area contributed by atoms with Gasteiger partial charge in [0.1, 0.15) is 11.2 Å². The zero-order valence-corrected chi connectivity index (χ0v) is 29.0. The first kappa shape index (κ1) is 29.4. The Morgan fingerprint density at radius 2 is 1.00 bits per heavy atom. The van der Waals surface area contributed by atoms with Crippen LogP contribution in [0.5, 0.6) is 0 Å². The third-order valence-electron chi connectivity index (χ3n) is 10.4. The summed E-state index contributed by atoms with van der Waals surface area (Å²) in [7, 11) is 0. The Hall–Kier alpha value is -5.34. The minimum atomic E-state index is -0.101. The van der Waals surface area contributed by atoms with Crippen molar-refractivity contribution in [2.75, 3.05) is 0 Å². The molecule has 3 unspecified atom stereocenters. The highest BCUT2D eigenvalue weighted by Gasteiger charge is 2.30. The Kier molecular flexibility index (Phi) is 6.69. The second-order valence-corrected chi connectivity index (χ2v) is 15.5. The van der Waals surface area contributed by atoms with E-state index >= 15 is 0 Å². The van der Waals surface area contributed by atoms with E-state index in [4.69, 9.17) is 4.42 Å². The zero-order chi connectivity index (χ0) is 33.5. The van der Waals surface area contributed by atoms with Gasteiger partial charge in [0.2, 0.25) is 0 Å². The summed E-state index contributed by atoms with van der Waals surface area (Å²) in [5.74, 6) is 0. The molecule has 3 aromatic heterocycles. The van der Waals surface area contributed by atoms with Crippen molar-refractivity contribution in [3.63, 3.8) is 0 Å². The van der Waals surface area contributed by atoms with Crippen LogP contribution in [0.4, 0.5) is 0 Å².